The summed E-state index contributed by atoms with van der Waals surface area (Å²) in [5.41, 5.74) is 0. The van der Waals surface area contributed by atoms with Crippen LogP contribution in [-0.4, -0.2) is 37.6 Å². The maximum atomic E-state index is 3.54. The Morgan fingerprint density at radius 2 is 2.00 bits per heavy atom. The van der Waals surface area contributed by atoms with Gasteiger partial charge in [-0.25, -0.2) is 0 Å². The number of likely N-dealkylation sites (N-methyl/N-ethyl adjacent to an activating group) is 1. The molecule has 2 nitrogen and oxygen atoms in total. The summed E-state index contributed by atoms with van der Waals surface area (Å²) < 4.78 is 0. The smallest absolute Gasteiger partial charge is 0.0220 e. The third-order valence-corrected chi connectivity index (χ3v) is 4.30. The van der Waals surface area contributed by atoms with Crippen LogP contribution in [0.4, 0.5) is 0 Å². The van der Waals surface area contributed by atoms with E-state index in [1.165, 1.54) is 51.7 Å². The Balaban J connectivity index is 1.79. The average molecular weight is 210 g/mol. The van der Waals surface area contributed by atoms with Crippen molar-refractivity contribution in [3.8, 4) is 0 Å². The SMILES string of the molecule is CNC(CN1CCC(C)C1)C1CCCC1. The Morgan fingerprint density at radius 3 is 2.53 bits per heavy atom. The lowest BCUT2D eigenvalue weighted by atomic mass is 9.98. The van der Waals surface area contributed by atoms with Crippen molar-refractivity contribution in [2.75, 3.05) is 26.7 Å². The molecule has 1 N–H and O–H groups in total. The molecule has 0 amide bonds. The molecule has 1 heterocycles. The van der Waals surface area contributed by atoms with Gasteiger partial charge in [0, 0.05) is 19.1 Å². The predicted molar refractivity (Wildman–Crippen MR) is 65.0 cm³/mol. The minimum atomic E-state index is 0.748. The highest BCUT2D eigenvalue weighted by molar-refractivity contribution is 4.84. The van der Waals surface area contributed by atoms with Crippen LogP contribution in [0.25, 0.3) is 0 Å². The molecule has 0 aromatic heterocycles. The first kappa shape index (κ1) is 11.4. The molecule has 1 saturated carbocycles. The zero-order valence-electron chi connectivity index (χ0n) is 10.3. The van der Waals surface area contributed by atoms with Crippen LogP contribution in [0.1, 0.15) is 39.0 Å². The third-order valence-electron chi connectivity index (χ3n) is 4.30. The highest BCUT2D eigenvalue weighted by atomic mass is 15.2. The number of rotatable bonds is 4. The highest BCUT2D eigenvalue weighted by Gasteiger charge is 2.27. The maximum absolute atomic E-state index is 3.54. The van der Waals surface area contributed by atoms with Gasteiger partial charge in [-0.05, 0) is 44.7 Å². The van der Waals surface area contributed by atoms with Gasteiger partial charge >= 0.3 is 0 Å². The van der Waals surface area contributed by atoms with Gasteiger partial charge in [-0.3, -0.25) is 0 Å². The highest BCUT2D eigenvalue weighted by Crippen LogP contribution is 2.28. The number of nitrogens with one attached hydrogen (secondary N) is 1. The van der Waals surface area contributed by atoms with Crippen LogP contribution in [0.3, 0.4) is 0 Å². The number of hydrogen-bond donors (Lipinski definition) is 1. The van der Waals surface area contributed by atoms with E-state index < -0.39 is 0 Å². The summed E-state index contributed by atoms with van der Waals surface area (Å²) >= 11 is 0. The minimum Gasteiger partial charge on any atom is -0.315 e. The Morgan fingerprint density at radius 1 is 1.27 bits per heavy atom. The van der Waals surface area contributed by atoms with Crippen molar-refractivity contribution >= 4 is 0 Å². The van der Waals surface area contributed by atoms with Crippen molar-refractivity contribution in [1.82, 2.24) is 10.2 Å². The Kier molecular flexibility index (Phi) is 4.04. The molecule has 0 bridgehead atoms. The van der Waals surface area contributed by atoms with E-state index in [4.69, 9.17) is 0 Å². The van der Waals surface area contributed by atoms with Crippen molar-refractivity contribution < 1.29 is 0 Å². The summed E-state index contributed by atoms with van der Waals surface area (Å²) in [5.74, 6) is 1.87. The Bertz CT molecular complexity index is 187. The molecular formula is C13H26N2. The summed E-state index contributed by atoms with van der Waals surface area (Å²) in [4.78, 5) is 2.66. The van der Waals surface area contributed by atoms with Gasteiger partial charge < -0.3 is 10.2 Å². The molecule has 0 aromatic carbocycles. The van der Waals surface area contributed by atoms with Crippen molar-refractivity contribution in [1.29, 1.82) is 0 Å². The summed E-state index contributed by atoms with van der Waals surface area (Å²) in [5, 5.41) is 3.54. The Hall–Kier alpha value is -0.0800. The molecule has 2 fully saturated rings. The second-order valence-electron chi connectivity index (χ2n) is 5.59. The molecule has 2 aliphatic rings. The number of nitrogens with zero attached hydrogens (tertiary/aromatic N) is 1. The van der Waals surface area contributed by atoms with Gasteiger partial charge in [-0.15, -0.1) is 0 Å². The normalized spacial score (nSPS) is 31.2. The maximum Gasteiger partial charge on any atom is 0.0220 e. The molecule has 15 heavy (non-hydrogen) atoms. The lowest BCUT2D eigenvalue weighted by molar-refractivity contribution is 0.244. The van der Waals surface area contributed by atoms with Crippen LogP contribution in [0.2, 0.25) is 0 Å². The zero-order valence-corrected chi connectivity index (χ0v) is 10.3. The molecule has 0 radical (unpaired) electrons. The largest absolute Gasteiger partial charge is 0.315 e. The van der Waals surface area contributed by atoms with Crippen LogP contribution in [0, 0.1) is 11.8 Å². The minimum absolute atomic E-state index is 0.748. The van der Waals surface area contributed by atoms with Gasteiger partial charge in [0.1, 0.15) is 0 Å². The van der Waals surface area contributed by atoms with Crippen molar-refractivity contribution in [3.05, 3.63) is 0 Å². The van der Waals surface area contributed by atoms with Gasteiger partial charge in [0.05, 0.1) is 0 Å². The molecule has 88 valence electrons. The van der Waals surface area contributed by atoms with E-state index in [0.29, 0.717) is 0 Å². The lowest BCUT2D eigenvalue weighted by Gasteiger charge is -2.28. The van der Waals surface area contributed by atoms with E-state index in [0.717, 1.165) is 17.9 Å². The first-order valence-electron chi connectivity index (χ1n) is 6.69. The molecule has 2 heteroatoms. The van der Waals surface area contributed by atoms with Crippen molar-refractivity contribution in [2.24, 2.45) is 11.8 Å². The fourth-order valence-electron chi connectivity index (χ4n) is 3.31. The molecule has 1 saturated heterocycles. The second kappa shape index (κ2) is 5.31. The quantitative estimate of drug-likeness (QED) is 0.764. The third kappa shape index (κ3) is 2.94. The van der Waals surface area contributed by atoms with E-state index in [1.54, 1.807) is 0 Å². The monoisotopic (exact) mass is 210 g/mol. The van der Waals surface area contributed by atoms with E-state index in [-0.39, 0.29) is 0 Å². The van der Waals surface area contributed by atoms with Crippen LogP contribution >= 0.6 is 0 Å². The van der Waals surface area contributed by atoms with Crippen LogP contribution in [-0.2, 0) is 0 Å². The molecule has 2 rings (SSSR count). The average Bonchev–Trinajstić information content (AvgIpc) is 2.85. The molecule has 2 atom stereocenters. The van der Waals surface area contributed by atoms with Gasteiger partial charge in [-0.1, -0.05) is 19.8 Å². The van der Waals surface area contributed by atoms with E-state index in [1.807, 2.05) is 0 Å². The first-order valence-corrected chi connectivity index (χ1v) is 6.69. The van der Waals surface area contributed by atoms with Gasteiger partial charge in [0.25, 0.3) is 0 Å². The molecule has 2 unspecified atom stereocenters. The molecule has 1 aliphatic heterocycles. The van der Waals surface area contributed by atoms with Crippen LogP contribution in [0.5, 0.6) is 0 Å². The molecule has 1 aliphatic carbocycles. The predicted octanol–water partition coefficient (Wildman–Crippen LogP) is 2.11. The van der Waals surface area contributed by atoms with Gasteiger partial charge in [-0.2, -0.15) is 0 Å². The Labute approximate surface area is 94.4 Å². The second-order valence-corrected chi connectivity index (χ2v) is 5.59. The van der Waals surface area contributed by atoms with E-state index >= 15 is 0 Å². The first-order chi connectivity index (χ1) is 7.29. The summed E-state index contributed by atoms with van der Waals surface area (Å²) in [6.45, 7) is 6.31. The summed E-state index contributed by atoms with van der Waals surface area (Å²) in [7, 11) is 2.14. The van der Waals surface area contributed by atoms with Gasteiger partial charge in [0.15, 0.2) is 0 Å². The van der Waals surface area contributed by atoms with E-state index in [2.05, 4.69) is 24.2 Å². The summed E-state index contributed by atoms with van der Waals surface area (Å²) in [6, 6.07) is 0.748. The van der Waals surface area contributed by atoms with Gasteiger partial charge in [0.2, 0.25) is 0 Å². The topological polar surface area (TPSA) is 15.3 Å². The zero-order chi connectivity index (χ0) is 10.7. The van der Waals surface area contributed by atoms with Crippen molar-refractivity contribution in [2.45, 2.75) is 45.1 Å². The number of likely N-dealkylation sites (tertiary alicyclic amines) is 1. The van der Waals surface area contributed by atoms with Crippen LogP contribution < -0.4 is 5.32 Å². The molecule has 0 aromatic rings. The van der Waals surface area contributed by atoms with Crippen molar-refractivity contribution in [3.63, 3.8) is 0 Å². The fraction of sp³-hybridized carbons (Fsp3) is 1.00. The van der Waals surface area contributed by atoms with Crippen LogP contribution in [0.15, 0.2) is 0 Å². The van der Waals surface area contributed by atoms with E-state index in [9.17, 15) is 0 Å². The summed E-state index contributed by atoms with van der Waals surface area (Å²) in [6.07, 6.45) is 7.23. The molecule has 0 spiro atoms. The molecular weight excluding hydrogens is 184 g/mol. The lowest BCUT2D eigenvalue weighted by Crippen LogP contribution is -2.42. The standard InChI is InChI=1S/C13H26N2/c1-11-7-8-15(9-11)10-13(14-2)12-5-3-4-6-12/h11-14H,3-10H2,1-2H3. The fourth-order valence-corrected chi connectivity index (χ4v) is 3.31. The number of hydrogen-bond acceptors (Lipinski definition) is 2.